The molecule has 2 rings (SSSR count). The Hall–Kier alpha value is -2.17. The van der Waals surface area contributed by atoms with E-state index in [1.165, 1.54) is 0 Å². The van der Waals surface area contributed by atoms with Gasteiger partial charge in [0.05, 0.1) is 5.69 Å². The van der Waals surface area contributed by atoms with Crippen molar-refractivity contribution in [2.75, 3.05) is 5.32 Å². The first-order valence-corrected chi connectivity index (χ1v) is 5.36. The van der Waals surface area contributed by atoms with E-state index in [1.807, 2.05) is 26.1 Å². The predicted molar refractivity (Wildman–Crippen MR) is 64.6 cm³/mol. The van der Waals surface area contributed by atoms with E-state index in [2.05, 4.69) is 15.4 Å². The highest BCUT2D eigenvalue weighted by Gasteiger charge is 2.06. The third-order valence-electron chi connectivity index (χ3n) is 2.43. The van der Waals surface area contributed by atoms with Crippen LogP contribution in [0.5, 0.6) is 0 Å². The Bertz CT molecular complexity index is 499. The average molecular weight is 230 g/mol. The van der Waals surface area contributed by atoms with Crippen LogP contribution in [0.2, 0.25) is 0 Å². The number of amides is 1. The van der Waals surface area contributed by atoms with Gasteiger partial charge >= 0.3 is 0 Å². The van der Waals surface area contributed by atoms with Crippen LogP contribution in [-0.2, 0) is 11.3 Å². The zero-order valence-electron chi connectivity index (χ0n) is 9.84. The van der Waals surface area contributed by atoms with E-state index in [1.54, 1.807) is 23.0 Å². The SMILES string of the molecule is Cc1cn(CC(=O)Nc2ccccn2)nc1C. The van der Waals surface area contributed by atoms with Crippen molar-refractivity contribution in [2.24, 2.45) is 0 Å². The molecule has 88 valence electrons. The average Bonchev–Trinajstić information content (AvgIpc) is 2.59. The van der Waals surface area contributed by atoms with Gasteiger partial charge in [-0.1, -0.05) is 6.07 Å². The van der Waals surface area contributed by atoms with Crippen molar-refractivity contribution >= 4 is 11.7 Å². The summed E-state index contributed by atoms with van der Waals surface area (Å²) in [6, 6.07) is 5.37. The fourth-order valence-corrected chi connectivity index (χ4v) is 1.46. The molecular formula is C12H14N4O. The van der Waals surface area contributed by atoms with Crippen molar-refractivity contribution in [3.8, 4) is 0 Å². The van der Waals surface area contributed by atoms with E-state index < -0.39 is 0 Å². The third-order valence-corrected chi connectivity index (χ3v) is 2.43. The lowest BCUT2D eigenvalue weighted by Gasteiger charge is -2.03. The number of carbonyl (C=O) groups is 1. The van der Waals surface area contributed by atoms with Crippen LogP contribution in [0.1, 0.15) is 11.3 Å². The molecule has 17 heavy (non-hydrogen) atoms. The first kappa shape index (κ1) is 11.3. The monoisotopic (exact) mass is 230 g/mol. The zero-order valence-corrected chi connectivity index (χ0v) is 9.84. The molecule has 5 heteroatoms. The summed E-state index contributed by atoms with van der Waals surface area (Å²) in [5, 5.41) is 6.94. The van der Waals surface area contributed by atoms with Gasteiger partial charge in [-0.3, -0.25) is 9.48 Å². The van der Waals surface area contributed by atoms with Crippen molar-refractivity contribution in [3.05, 3.63) is 41.9 Å². The molecule has 1 N–H and O–H groups in total. The lowest BCUT2D eigenvalue weighted by molar-refractivity contribution is -0.116. The molecular weight excluding hydrogens is 216 g/mol. The van der Waals surface area contributed by atoms with Crippen LogP contribution < -0.4 is 5.32 Å². The smallest absolute Gasteiger partial charge is 0.247 e. The van der Waals surface area contributed by atoms with Gasteiger partial charge in [0.25, 0.3) is 0 Å². The summed E-state index contributed by atoms with van der Waals surface area (Å²) in [5.74, 6) is 0.421. The standard InChI is InChI=1S/C12H14N4O/c1-9-7-16(15-10(9)2)8-12(17)14-11-5-3-4-6-13-11/h3-7H,8H2,1-2H3,(H,13,14,17). The Balaban J connectivity index is 1.98. The van der Waals surface area contributed by atoms with Gasteiger partial charge in [-0.25, -0.2) is 4.98 Å². The molecule has 0 atom stereocenters. The Kier molecular flexibility index (Phi) is 3.18. The topological polar surface area (TPSA) is 59.8 Å². The Labute approximate surface area is 99.5 Å². The first-order chi connectivity index (χ1) is 8.15. The number of hydrogen-bond acceptors (Lipinski definition) is 3. The van der Waals surface area contributed by atoms with Crippen LogP contribution in [0.25, 0.3) is 0 Å². The van der Waals surface area contributed by atoms with Crippen LogP contribution in [0.15, 0.2) is 30.6 Å². The molecule has 0 unspecified atom stereocenters. The fraction of sp³-hybridized carbons (Fsp3) is 0.250. The van der Waals surface area contributed by atoms with Gasteiger partial charge in [0.2, 0.25) is 5.91 Å². The highest BCUT2D eigenvalue weighted by Crippen LogP contribution is 2.04. The predicted octanol–water partition coefficient (Wildman–Crippen LogP) is 1.53. The maximum Gasteiger partial charge on any atom is 0.247 e. The Morgan fingerprint density at radius 3 is 2.82 bits per heavy atom. The van der Waals surface area contributed by atoms with E-state index in [0.717, 1.165) is 11.3 Å². The minimum absolute atomic E-state index is 0.133. The van der Waals surface area contributed by atoms with E-state index in [9.17, 15) is 4.79 Å². The maximum atomic E-state index is 11.7. The molecule has 0 aliphatic carbocycles. The minimum atomic E-state index is -0.133. The van der Waals surface area contributed by atoms with Crippen molar-refractivity contribution in [1.82, 2.24) is 14.8 Å². The van der Waals surface area contributed by atoms with Gasteiger partial charge in [0.15, 0.2) is 0 Å². The second kappa shape index (κ2) is 4.78. The number of pyridine rings is 1. The number of anilines is 1. The van der Waals surface area contributed by atoms with Crippen molar-refractivity contribution < 1.29 is 4.79 Å². The molecule has 0 aliphatic heterocycles. The molecule has 0 aromatic carbocycles. The number of aryl methyl sites for hydroxylation is 2. The molecule has 0 saturated carbocycles. The molecule has 0 spiro atoms. The molecule has 2 aromatic heterocycles. The Morgan fingerprint density at radius 2 is 2.24 bits per heavy atom. The summed E-state index contributed by atoms with van der Waals surface area (Å²) in [6.45, 7) is 4.09. The molecule has 0 bridgehead atoms. The van der Waals surface area contributed by atoms with Crippen LogP contribution >= 0.6 is 0 Å². The van der Waals surface area contributed by atoms with Gasteiger partial charge in [0.1, 0.15) is 12.4 Å². The summed E-state index contributed by atoms with van der Waals surface area (Å²) >= 11 is 0. The van der Waals surface area contributed by atoms with Gasteiger partial charge in [-0.15, -0.1) is 0 Å². The second-order valence-corrected chi connectivity index (χ2v) is 3.86. The molecule has 1 amide bonds. The lowest BCUT2D eigenvalue weighted by atomic mass is 10.3. The number of aromatic nitrogens is 3. The second-order valence-electron chi connectivity index (χ2n) is 3.86. The van der Waals surface area contributed by atoms with Gasteiger partial charge in [0, 0.05) is 12.4 Å². The normalized spacial score (nSPS) is 10.2. The molecule has 0 aliphatic rings. The number of nitrogens with zero attached hydrogens (tertiary/aromatic N) is 3. The molecule has 0 saturated heterocycles. The van der Waals surface area contributed by atoms with Gasteiger partial charge < -0.3 is 5.32 Å². The number of rotatable bonds is 3. The van der Waals surface area contributed by atoms with Crippen molar-refractivity contribution in [3.63, 3.8) is 0 Å². The summed E-state index contributed by atoms with van der Waals surface area (Å²) in [4.78, 5) is 15.7. The number of hydrogen-bond donors (Lipinski definition) is 1. The molecule has 2 aromatic rings. The Morgan fingerprint density at radius 1 is 1.41 bits per heavy atom. The van der Waals surface area contributed by atoms with Crippen LogP contribution in [-0.4, -0.2) is 20.7 Å². The van der Waals surface area contributed by atoms with Crippen molar-refractivity contribution in [2.45, 2.75) is 20.4 Å². The minimum Gasteiger partial charge on any atom is -0.309 e. The highest BCUT2D eigenvalue weighted by molar-refractivity contribution is 5.89. The van der Waals surface area contributed by atoms with Gasteiger partial charge in [-0.2, -0.15) is 5.10 Å². The maximum absolute atomic E-state index is 11.7. The third kappa shape index (κ3) is 2.90. The zero-order chi connectivity index (χ0) is 12.3. The summed E-state index contributed by atoms with van der Waals surface area (Å²) in [6.07, 6.45) is 3.49. The van der Waals surface area contributed by atoms with E-state index in [0.29, 0.717) is 5.82 Å². The van der Waals surface area contributed by atoms with Crippen LogP contribution in [0.3, 0.4) is 0 Å². The quantitative estimate of drug-likeness (QED) is 0.870. The van der Waals surface area contributed by atoms with Crippen LogP contribution in [0.4, 0.5) is 5.82 Å². The molecule has 0 fully saturated rings. The highest BCUT2D eigenvalue weighted by atomic mass is 16.2. The largest absolute Gasteiger partial charge is 0.309 e. The van der Waals surface area contributed by atoms with E-state index >= 15 is 0 Å². The number of nitrogens with one attached hydrogen (secondary N) is 1. The summed E-state index contributed by atoms with van der Waals surface area (Å²) < 4.78 is 1.63. The molecule has 5 nitrogen and oxygen atoms in total. The van der Waals surface area contributed by atoms with Gasteiger partial charge in [-0.05, 0) is 31.5 Å². The van der Waals surface area contributed by atoms with Crippen molar-refractivity contribution in [1.29, 1.82) is 0 Å². The van der Waals surface area contributed by atoms with E-state index in [-0.39, 0.29) is 12.5 Å². The molecule has 0 radical (unpaired) electrons. The first-order valence-electron chi connectivity index (χ1n) is 5.36. The summed E-state index contributed by atoms with van der Waals surface area (Å²) in [5.41, 5.74) is 2.02. The summed E-state index contributed by atoms with van der Waals surface area (Å²) in [7, 11) is 0. The van der Waals surface area contributed by atoms with Crippen LogP contribution in [0, 0.1) is 13.8 Å². The molecule has 2 heterocycles. The number of carbonyl (C=O) groups excluding carboxylic acids is 1. The fourth-order valence-electron chi connectivity index (χ4n) is 1.46. The lowest BCUT2D eigenvalue weighted by Crippen LogP contribution is -2.19. The van der Waals surface area contributed by atoms with E-state index in [4.69, 9.17) is 0 Å².